The first-order valence-corrected chi connectivity index (χ1v) is 10.2. The summed E-state index contributed by atoms with van der Waals surface area (Å²) < 4.78 is 31.0. The number of anilines is 1. The second-order valence-corrected chi connectivity index (χ2v) is 8.81. The van der Waals surface area contributed by atoms with Crippen molar-refractivity contribution in [3.05, 3.63) is 30.5 Å². The van der Waals surface area contributed by atoms with Gasteiger partial charge < -0.3 is 10.5 Å². The molecule has 1 aromatic carbocycles. The zero-order valence-corrected chi connectivity index (χ0v) is 15.4. The summed E-state index contributed by atoms with van der Waals surface area (Å²) in [5, 5.41) is 3.94. The van der Waals surface area contributed by atoms with Crippen molar-refractivity contribution in [1.82, 2.24) is 14.7 Å². The maximum atomic E-state index is 11.6. The van der Waals surface area contributed by atoms with Crippen molar-refractivity contribution in [1.29, 1.82) is 0 Å². The van der Waals surface area contributed by atoms with E-state index in [1.165, 1.54) is 6.26 Å². The van der Waals surface area contributed by atoms with E-state index in [0.717, 1.165) is 23.6 Å². The molecule has 2 heterocycles. The molecule has 0 spiro atoms. The molecule has 7 nitrogen and oxygen atoms in total. The van der Waals surface area contributed by atoms with E-state index in [9.17, 15) is 8.42 Å². The highest BCUT2D eigenvalue weighted by atomic mass is 32.2. The number of aryl methyl sites for hydroxylation is 1. The lowest BCUT2D eigenvalue weighted by atomic mass is 10.1. The Balaban J connectivity index is 1.64. The van der Waals surface area contributed by atoms with Gasteiger partial charge in [0.25, 0.3) is 0 Å². The Hall–Kier alpha value is -2.06. The minimum atomic E-state index is -2.96. The monoisotopic (exact) mass is 364 g/mol. The third-order valence-electron chi connectivity index (χ3n) is 4.60. The lowest BCUT2D eigenvalue weighted by Crippen LogP contribution is -2.29. The first-order chi connectivity index (χ1) is 11.8. The average Bonchev–Trinajstić information content (AvgIpc) is 3.17. The number of nitrogen functional groups attached to an aromatic ring is 1. The van der Waals surface area contributed by atoms with Crippen LogP contribution in [0, 0.1) is 0 Å². The Morgan fingerprint density at radius 1 is 1.36 bits per heavy atom. The summed E-state index contributed by atoms with van der Waals surface area (Å²) in [6.07, 6.45) is 3.74. The third kappa shape index (κ3) is 4.13. The normalized spacial score (nSPS) is 18.6. The number of sulfone groups is 1. The molecule has 3 rings (SSSR count). The van der Waals surface area contributed by atoms with Gasteiger partial charge in [-0.3, -0.25) is 9.58 Å². The van der Waals surface area contributed by atoms with Crippen LogP contribution in [-0.4, -0.2) is 60.8 Å². The van der Waals surface area contributed by atoms with E-state index in [4.69, 9.17) is 10.5 Å². The number of hydrogen-bond donors (Lipinski definition) is 1. The van der Waals surface area contributed by atoms with Crippen molar-refractivity contribution in [2.75, 3.05) is 38.2 Å². The molecule has 0 bridgehead atoms. The van der Waals surface area contributed by atoms with Gasteiger partial charge in [-0.1, -0.05) is 0 Å². The Labute approximate surface area is 148 Å². The number of aromatic nitrogens is 2. The minimum absolute atomic E-state index is 0.256. The third-order valence-corrected chi connectivity index (χ3v) is 6.20. The van der Waals surface area contributed by atoms with E-state index >= 15 is 0 Å². The molecule has 8 heteroatoms. The summed E-state index contributed by atoms with van der Waals surface area (Å²) in [4.78, 5) is 2.13. The summed E-state index contributed by atoms with van der Waals surface area (Å²) in [5.41, 5.74) is 8.41. The zero-order valence-electron chi connectivity index (χ0n) is 14.6. The molecule has 1 atom stereocenters. The largest absolute Gasteiger partial charge is 0.492 e. The molecule has 0 aliphatic carbocycles. The van der Waals surface area contributed by atoms with E-state index < -0.39 is 9.84 Å². The molecular formula is C17H24N4O3S. The summed E-state index contributed by atoms with van der Waals surface area (Å²) in [6.45, 7) is 2.56. The van der Waals surface area contributed by atoms with Crippen molar-refractivity contribution in [2.45, 2.75) is 11.7 Å². The van der Waals surface area contributed by atoms with Crippen LogP contribution in [0.1, 0.15) is 6.42 Å². The maximum Gasteiger partial charge on any atom is 0.151 e. The number of ether oxygens (including phenoxy) is 1. The molecule has 25 heavy (non-hydrogen) atoms. The van der Waals surface area contributed by atoms with E-state index in [1.54, 1.807) is 10.9 Å². The van der Waals surface area contributed by atoms with Gasteiger partial charge in [0.2, 0.25) is 0 Å². The zero-order chi connectivity index (χ0) is 18.0. The Morgan fingerprint density at radius 2 is 2.16 bits per heavy atom. The number of hydrogen-bond acceptors (Lipinski definition) is 6. The van der Waals surface area contributed by atoms with Gasteiger partial charge in [-0.25, -0.2) is 8.42 Å². The lowest BCUT2D eigenvalue weighted by Gasteiger charge is -2.17. The molecule has 1 fully saturated rings. The molecule has 0 saturated carbocycles. The molecular weight excluding hydrogens is 340 g/mol. The molecule has 2 N–H and O–H groups in total. The van der Waals surface area contributed by atoms with Crippen LogP contribution >= 0.6 is 0 Å². The topological polar surface area (TPSA) is 90.5 Å². The van der Waals surface area contributed by atoms with Crippen LogP contribution in [0.25, 0.3) is 11.3 Å². The number of nitrogens with zero attached hydrogens (tertiary/aromatic N) is 3. The second-order valence-electron chi connectivity index (χ2n) is 6.48. The van der Waals surface area contributed by atoms with Gasteiger partial charge in [-0.05, 0) is 37.2 Å². The maximum absolute atomic E-state index is 11.6. The fourth-order valence-corrected chi connectivity index (χ4v) is 4.16. The summed E-state index contributed by atoms with van der Waals surface area (Å²) in [5.74, 6) is 0.747. The molecule has 1 unspecified atom stereocenters. The smallest absolute Gasteiger partial charge is 0.151 e. The van der Waals surface area contributed by atoms with Crippen molar-refractivity contribution in [3.8, 4) is 17.0 Å². The molecule has 1 aromatic heterocycles. The molecule has 0 radical (unpaired) electrons. The fourth-order valence-electron chi connectivity index (χ4n) is 3.15. The molecule has 1 aliphatic rings. The lowest BCUT2D eigenvalue weighted by molar-refractivity contribution is 0.238. The molecule has 0 amide bonds. The van der Waals surface area contributed by atoms with Gasteiger partial charge in [0, 0.05) is 43.8 Å². The molecule has 2 aromatic rings. The highest BCUT2D eigenvalue weighted by Crippen LogP contribution is 2.31. The Morgan fingerprint density at radius 3 is 2.80 bits per heavy atom. The predicted molar refractivity (Wildman–Crippen MR) is 98.2 cm³/mol. The Kier molecular flexibility index (Phi) is 5.01. The fraction of sp³-hybridized carbons (Fsp3) is 0.471. The molecule has 1 aliphatic heterocycles. The van der Waals surface area contributed by atoms with E-state index in [1.807, 2.05) is 31.3 Å². The van der Waals surface area contributed by atoms with Crippen LogP contribution in [0.2, 0.25) is 0 Å². The van der Waals surface area contributed by atoms with Gasteiger partial charge in [0.05, 0.1) is 10.9 Å². The van der Waals surface area contributed by atoms with Gasteiger partial charge in [0.15, 0.2) is 9.84 Å². The van der Waals surface area contributed by atoms with E-state index in [-0.39, 0.29) is 5.25 Å². The van der Waals surface area contributed by atoms with Gasteiger partial charge in [-0.15, -0.1) is 0 Å². The Bertz CT molecular complexity index is 847. The summed E-state index contributed by atoms with van der Waals surface area (Å²) in [7, 11) is -1.09. The van der Waals surface area contributed by atoms with Crippen molar-refractivity contribution >= 4 is 15.5 Å². The van der Waals surface area contributed by atoms with Crippen LogP contribution in [0.15, 0.2) is 30.5 Å². The average molecular weight is 364 g/mol. The van der Waals surface area contributed by atoms with Crippen LogP contribution in [0.5, 0.6) is 5.75 Å². The van der Waals surface area contributed by atoms with Gasteiger partial charge in [0.1, 0.15) is 12.4 Å². The minimum Gasteiger partial charge on any atom is -0.492 e. The van der Waals surface area contributed by atoms with Crippen molar-refractivity contribution < 1.29 is 13.2 Å². The number of benzene rings is 1. The van der Waals surface area contributed by atoms with Crippen LogP contribution < -0.4 is 10.5 Å². The van der Waals surface area contributed by atoms with Crippen molar-refractivity contribution in [3.63, 3.8) is 0 Å². The first kappa shape index (κ1) is 17.8. The van der Waals surface area contributed by atoms with E-state index in [0.29, 0.717) is 31.8 Å². The SMILES string of the molecule is Cn1nccc1-c1cc(N)ccc1OCCN1CCC(S(C)(=O)=O)C1. The highest BCUT2D eigenvalue weighted by molar-refractivity contribution is 7.91. The van der Waals surface area contributed by atoms with Crippen LogP contribution in [-0.2, 0) is 16.9 Å². The molecule has 1 saturated heterocycles. The summed E-state index contributed by atoms with van der Waals surface area (Å²) >= 11 is 0. The predicted octanol–water partition coefficient (Wildman–Crippen LogP) is 1.17. The number of nitrogens with two attached hydrogens (primary N) is 1. The quantitative estimate of drug-likeness (QED) is 0.774. The summed E-state index contributed by atoms with van der Waals surface area (Å²) in [6, 6.07) is 7.46. The van der Waals surface area contributed by atoms with Gasteiger partial charge >= 0.3 is 0 Å². The van der Waals surface area contributed by atoms with Crippen LogP contribution in [0.4, 0.5) is 5.69 Å². The number of likely N-dealkylation sites (tertiary alicyclic amines) is 1. The van der Waals surface area contributed by atoms with Crippen LogP contribution in [0.3, 0.4) is 0 Å². The van der Waals surface area contributed by atoms with Gasteiger partial charge in [-0.2, -0.15) is 5.10 Å². The van der Waals surface area contributed by atoms with Crippen molar-refractivity contribution in [2.24, 2.45) is 7.05 Å². The first-order valence-electron chi connectivity index (χ1n) is 8.26. The van der Waals surface area contributed by atoms with E-state index in [2.05, 4.69) is 10.00 Å². The standard InChI is InChI=1S/C17H24N4O3S/c1-20-16(5-7-19-20)15-11-13(18)3-4-17(15)24-10-9-21-8-6-14(12-21)25(2,22)23/h3-5,7,11,14H,6,8-10,12,18H2,1-2H3. The second kappa shape index (κ2) is 7.05. The molecule has 136 valence electrons. The number of rotatable bonds is 6. The highest BCUT2D eigenvalue weighted by Gasteiger charge is 2.29.